The molecule has 0 aliphatic heterocycles. The van der Waals surface area contributed by atoms with E-state index in [0.717, 1.165) is 16.6 Å². The highest BCUT2D eigenvalue weighted by Gasteiger charge is 1.99. The first-order valence-corrected chi connectivity index (χ1v) is 4.99. The van der Waals surface area contributed by atoms with Crippen molar-refractivity contribution in [1.82, 2.24) is 4.98 Å². The SMILES string of the molecule is Cc1ccnc2cc(NC(N)=S)ccc12. The zero-order valence-corrected chi connectivity index (χ0v) is 9.14. The van der Waals surface area contributed by atoms with Gasteiger partial charge in [-0.3, -0.25) is 4.98 Å². The van der Waals surface area contributed by atoms with Crippen molar-refractivity contribution < 1.29 is 0 Å². The minimum Gasteiger partial charge on any atom is -0.376 e. The van der Waals surface area contributed by atoms with Gasteiger partial charge in [-0.1, -0.05) is 6.07 Å². The van der Waals surface area contributed by atoms with Gasteiger partial charge in [-0.15, -0.1) is 0 Å². The molecule has 2 aromatic rings. The van der Waals surface area contributed by atoms with E-state index in [1.54, 1.807) is 6.20 Å². The average molecular weight is 217 g/mol. The highest BCUT2D eigenvalue weighted by atomic mass is 32.1. The summed E-state index contributed by atoms with van der Waals surface area (Å²) in [4.78, 5) is 4.29. The van der Waals surface area contributed by atoms with E-state index in [0.29, 0.717) is 0 Å². The molecule has 3 nitrogen and oxygen atoms in total. The fourth-order valence-corrected chi connectivity index (χ4v) is 1.63. The average Bonchev–Trinajstić information content (AvgIpc) is 2.17. The molecule has 0 bridgehead atoms. The number of anilines is 1. The number of hydrogen-bond donors (Lipinski definition) is 2. The van der Waals surface area contributed by atoms with Gasteiger partial charge in [0.2, 0.25) is 0 Å². The van der Waals surface area contributed by atoms with Crippen LogP contribution in [-0.4, -0.2) is 10.1 Å². The topological polar surface area (TPSA) is 50.9 Å². The molecular formula is C11H11N3S. The van der Waals surface area contributed by atoms with Crippen molar-refractivity contribution in [2.75, 3.05) is 5.32 Å². The number of nitrogens with one attached hydrogen (secondary N) is 1. The molecule has 1 aromatic heterocycles. The first kappa shape index (κ1) is 9.86. The summed E-state index contributed by atoms with van der Waals surface area (Å²) in [7, 11) is 0. The highest BCUT2D eigenvalue weighted by molar-refractivity contribution is 7.80. The lowest BCUT2D eigenvalue weighted by Crippen LogP contribution is -2.18. The third-order valence-electron chi connectivity index (χ3n) is 2.23. The smallest absolute Gasteiger partial charge is 0.168 e. The molecule has 4 heteroatoms. The Bertz CT molecular complexity index is 522. The maximum absolute atomic E-state index is 5.40. The lowest BCUT2D eigenvalue weighted by atomic mass is 10.1. The normalized spacial score (nSPS) is 10.2. The number of benzene rings is 1. The minimum absolute atomic E-state index is 0.266. The third-order valence-corrected chi connectivity index (χ3v) is 2.33. The van der Waals surface area contributed by atoms with E-state index in [1.807, 2.05) is 24.3 Å². The van der Waals surface area contributed by atoms with Gasteiger partial charge < -0.3 is 11.1 Å². The number of nitrogens with zero attached hydrogens (tertiary/aromatic N) is 1. The summed E-state index contributed by atoms with van der Waals surface area (Å²) >= 11 is 4.77. The molecule has 0 saturated carbocycles. The molecular weight excluding hydrogens is 206 g/mol. The summed E-state index contributed by atoms with van der Waals surface area (Å²) in [6.45, 7) is 2.06. The predicted octanol–water partition coefficient (Wildman–Crippen LogP) is 2.20. The Balaban J connectivity index is 2.52. The molecule has 0 amide bonds. The second-order valence-corrected chi connectivity index (χ2v) is 3.79. The second kappa shape index (κ2) is 3.82. The van der Waals surface area contributed by atoms with Gasteiger partial charge >= 0.3 is 0 Å². The standard InChI is InChI=1S/C11H11N3S/c1-7-4-5-13-10-6-8(14-11(12)15)2-3-9(7)10/h2-6H,1H3,(H3,12,14,15). The molecule has 0 spiro atoms. The van der Waals surface area contributed by atoms with Crippen LogP contribution in [0.1, 0.15) is 5.56 Å². The van der Waals surface area contributed by atoms with Crippen LogP contribution in [0.15, 0.2) is 30.5 Å². The minimum atomic E-state index is 0.266. The van der Waals surface area contributed by atoms with E-state index in [4.69, 9.17) is 18.0 Å². The Kier molecular flexibility index (Phi) is 2.51. The van der Waals surface area contributed by atoms with Crippen LogP contribution in [0.3, 0.4) is 0 Å². The van der Waals surface area contributed by atoms with Gasteiger partial charge in [0.05, 0.1) is 5.52 Å². The Morgan fingerprint density at radius 1 is 1.40 bits per heavy atom. The van der Waals surface area contributed by atoms with E-state index in [2.05, 4.69) is 17.2 Å². The van der Waals surface area contributed by atoms with Gasteiger partial charge in [0, 0.05) is 17.3 Å². The molecule has 0 atom stereocenters. The maximum Gasteiger partial charge on any atom is 0.168 e. The van der Waals surface area contributed by atoms with Crippen molar-refractivity contribution in [1.29, 1.82) is 0 Å². The molecule has 3 N–H and O–H groups in total. The highest BCUT2D eigenvalue weighted by Crippen LogP contribution is 2.19. The number of fused-ring (bicyclic) bond motifs is 1. The Labute approximate surface area is 93.3 Å². The van der Waals surface area contributed by atoms with E-state index in [1.165, 1.54) is 5.56 Å². The molecule has 76 valence electrons. The lowest BCUT2D eigenvalue weighted by molar-refractivity contribution is 1.37. The predicted molar refractivity (Wildman–Crippen MR) is 66.9 cm³/mol. The van der Waals surface area contributed by atoms with Crippen molar-refractivity contribution in [3.05, 3.63) is 36.0 Å². The summed E-state index contributed by atoms with van der Waals surface area (Å²) < 4.78 is 0. The third kappa shape index (κ3) is 2.05. The van der Waals surface area contributed by atoms with Crippen LogP contribution in [0.4, 0.5) is 5.69 Å². The van der Waals surface area contributed by atoms with Crippen LogP contribution >= 0.6 is 12.2 Å². The molecule has 15 heavy (non-hydrogen) atoms. The number of aryl methyl sites for hydroxylation is 1. The van der Waals surface area contributed by atoms with Crippen molar-refractivity contribution >= 4 is 33.9 Å². The molecule has 2 rings (SSSR count). The van der Waals surface area contributed by atoms with Gasteiger partial charge in [0.25, 0.3) is 0 Å². The van der Waals surface area contributed by atoms with E-state index in [9.17, 15) is 0 Å². The lowest BCUT2D eigenvalue weighted by Gasteiger charge is -2.06. The summed E-state index contributed by atoms with van der Waals surface area (Å²) in [5.74, 6) is 0. The first-order chi connectivity index (χ1) is 7.16. The quantitative estimate of drug-likeness (QED) is 0.719. The molecule has 1 heterocycles. The van der Waals surface area contributed by atoms with Gasteiger partial charge in [-0.05, 0) is 42.9 Å². The van der Waals surface area contributed by atoms with Gasteiger partial charge in [-0.2, -0.15) is 0 Å². The molecule has 0 radical (unpaired) electrons. The van der Waals surface area contributed by atoms with Crippen LogP contribution in [0, 0.1) is 6.92 Å². The van der Waals surface area contributed by atoms with Crippen molar-refractivity contribution in [3.63, 3.8) is 0 Å². The molecule has 1 aromatic carbocycles. The summed E-state index contributed by atoms with van der Waals surface area (Å²) in [5.41, 5.74) is 8.42. The summed E-state index contributed by atoms with van der Waals surface area (Å²) in [6, 6.07) is 7.87. The largest absolute Gasteiger partial charge is 0.376 e. The number of aromatic nitrogens is 1. The van der Waals surface area contributed by atoms with Gasteiger partial charge in [-0.25, -0.2) is 0 Å². The molecule has 0 unspecified atom stereocenters. The van der Waals surface area contributed by atoms with E-state index in [-0.39, 0.29) is 5.11 Å². The zero-order valence-electron chi connectivity index (χ0n) is 8.32. The van der Waals surface area contributed by atoms with Crippen molar-refractivity contribution in [3.8, 4) is 0 Å². The molecule has 0 saturated heterocycles. The number of hydrogen-bond acceptors (Lipinski definition) is 2. The van der Waals surface area contributed by atoms with Crippen molar-refractivity contribution in [2.24, 2.45) is 5.73 Å². The van der Waals surface area contributed by atoms with Crippen LogP contribution in [-0.2, 0) is 0 Å². The van der Waals surface area contributed by atoms with E-state index >= 15 is 0 Å². The number of thiocarbonyl (C=S) groups is 1. The van der Waals surface area contributed by atoms with Crippen LogP contribution in [0.5, 0.6) is 0 Å². The van der Waals surface area contributed by atoms with Gasteiger partial charge in [0.15, 0.2) is 5.11 Å². The number of rotatable bonds is 1. The fourth-order valence-electron chi connectivity index (χ4n) is 1.51. The second-order valence-electron chi connectivity index (χ2n) is 3.35. The maximum atomic E-state index is 5.40. The first-order valence-electron chi connectivity index (χ1n) is 4.58. The fraction of sp³-hybridized carbons (Fsp3) is 0.0909. The van der Waals surface area contributed by atoms with Crippen LogP contribution in [0.25, 0.3) is 10.9 Å². The van der Waals surface area contributed by atoms with Crippen LogP contribution in [0.2, 0.25) is 0 Å². The van der Waals surface area contributed by atoms with Gasteiger partial charge in [0.1, 0.15) is 0 Å². The number of nitrogens with two attached hydrogens (primary N) is 1. The monoisotopic (exact) mass is 217 g/mol. The van der Waals surface area contributed by atoms with Crippen molar-refractivity contribution in [2.45, 2.75) is 6.92 Å². The summed E-state index contributed by atoms with van der Waals surface area (Å²) in [6.07, 6.45) is 1.79. The Morgan fingerprint density at radius 2 is 2.20 bits per heavy atom. The Hall–Kier alpha value is -1.68. The molecule has 0 fully saturated rings. The molecule has 0 aliphatic rings. The number of pyridine rings is 1. The summed E-state index contributed by atoms with van der Waals surface area (Å²) in [5, 5.41) is 4.30. The van der Waals surface area contributed by atoms with Crippen LogP contribution < -0.4 is 11.1 Å². The molecule has 0 aliphatic carbocycles. The Morgan fingerprint density at radius 3 is 2.93 bits per heavy atom. The van der Waals surface area contributed by atoms with E-state index < -0.39 is 0 Å². The zero-order chi connectivity index (χ0) is 10.8.